The van der Waals surface area contributed by atoms with Crippen LogP contribution in [0, 0.1) is 0 Å². The molecule has 3 nitrogen and oxygen atoms in total. The Hall–Kier alpha value is -1.10. The molecule has 18 heavy (non-hydrogen) atoms. The molecule has 0 atom stereocenters. The fraction of sp³-hybridized carbons (Fsp3) is 0.429. The zero-order valence-corrected chi connectivity index (χ0v) is 11.8. The summed E-state index contributed by atoms with van der Waals surface area (Å²) in [7, 11) is 4.09. The first kappa shape index (κ1) is 13.3. The summed E-state index contributed by atoms with van der Waals surface area (Å²) in [4.78, 5) is 3.74. The fourth-order valence-electron chi connectivity index (χ4n) is 1.93. The Kier molecular flexibility index (Phi) is 4.99. The van der Waals surface area contributed by atoms with E-state index < -0.39 is 0 Å². The van der Waals surface area contributed by atoms with Crippen molar-refractivity contribution in [2.75, 3.05) is 20.6 Å². The number of rotatable bonds is 7. The van der Waals surface area contributed by atoms with Crippen LogP contribution in [0.15, 0.2) is 34.3 Å². The van der Waals surface area contributed by atoms with Crippen LogP contribution >= 0.6 is 11.3 Å². The summed E-state index contributed by atoms with van der Waals surface area (Å²) < 4.78 is 5.55. The largest absolute Gasteiger partial charge is 0.468 e. The molecule has 2 aromatic rings. The highest BCUT2D eigenvalue weighted by Crippen LogP contribution is 2.14. The topological polar surface area (TPSA) is 28.4 Å². The normalized spacial score (nSPS) is 11.3. The highest BCUT2D eigenvalue weighted by molar-refractivity contribution is 7.09. The average molecular weight is 264 g/mol. The third-order valence-corrected chi connectivity index (χ3v) is 3.87. The number of hydrogen-bond acceptors (Lipinski definition) is 4. The van der Waals surface area contributed by atoms with E-state index in [4.69, 9.17) is 4.42 Å². The van der Waals surface area contributed by atoms with Gasteiger partial charge in [0.1, 0.15) is 5.76 Å². The van der Waals surface area contributed by atoms with Crippen molar-refractivity contribution >= 4 is 11.3 Å². The van der Waals surface area contributed by atoms with Gasteiger partial charge in [-0.05, 0) is 38.0 Å². The van der Waals surface area contributed by atoms with Crippen molar-refractivity contribution in [1.82, 2.24) is 10.2 Å². The number of nitrogens with zero attached hydrogens (tertiary/aromatic N) is 1. The summed E-state index contributed by atoms with van der Waals surface area (Å²) >= 11 is 1.82. The Morgan fingerprint density at radius 2 is 2.28 bits per heavy atom. The molecule has 0 aromatic carbocycles. The van der Waals surface area contributed by atoms with Crippen LogP contribution < -0.4 is 5.32 Å². The lowest BCUT2D eigenvalue weighted by molar-refractivity contribution is 0.297. The SMILES string of the molecule is CNCc1ccoc1CN(C)CCc1cccs1. The molecule has 0 aliphatic heterocycles. The monoisotopic (exact) mass is 264 g/mol. The van der Waals surface area contributed by atoms with Gasteiger partial charge in [-0.3, -0.25) is 4.90 Å². The van der Waals surface area contributed by atoms with Crippen LogP contribution in [-0.2, 0) is 19.5 Å². The van der Waals surface area contributed by atoms with Crippen molar-refractivity contribution < 1.29 is 4.42 Å². The number of nitrogens with one attached hydrogen (secondary N) is 1. The number of likely N-dealkylation sites (N-methyl/N-ethyl adjacent to an activating group) is 1. The third-order valence-electron chi connectivity index (χ3n) is 2.94. The van der Waals surface area contributed by atoms with Gasteiger partial charge in [-0.1, -0.05) is 6.07 Å². The van der Waals surface area contributed by atoms with E-state index in [1.807, 2.05) is 24.5 Å². The van der Waals surface area contributed by atoms with Gasteiger partial charge in [0.05, 0.1) is 12.8 Å². The molecule has 0 fully saturated rings. The first-order valence-electron chi connectivity index (χ1n) is 6.20. The molecule has 1 N–H and O–H groups in total. The second kappa shape index (κ2) is 6.73. The Balaban J connectivity index is 1.82. The van der Waals surface area contributed by atoms with E-state index in [2.05, 4.69) is 34.8 Å². The van der Waals surface area contributed by atoms with Gasteiger partial charge in [-0.15, -0.1) is 11.3 Å². The third kappa shape index (κ3) is 3.70. The highest BCUT2D eigenvalue weighted by atomic mass is 32.1. The second-order valence-corrected chi connectivity index (χ2v) is 5.50. The van der Waals surface area contributed by atoms with Crippen molar-refractivity contribution in [3.63, 3.8) is 0 Å². The highest BCUT2D eigenvalue weighted by Gasteiger charge is 2.08. The molecular formula is C14H20N2OS. The van der Waals surface area contributed by atoms with Crippen LogP contribution in [0.3, 0.4) is 0 Å². The molecule has 0 aliphatic carbocycles. The molecule has 2 rings (SSSR count). The number of thiophene rings is 1. The Bertz CT molecular complexity index is 450. The summed E-state index contributed by atoms with van der Waals surface area (Å²) in [6.45, 7) is 2.79. The Labute approximate surface area is 112 Å². The summed E-state index contributed by atoms with van der Waals surface area (Å²) in [5, 5.41) is 5.29. The minimum Gasteiger partial charge on any atom is -0.468 e. The molecule has 0 aliphatic rings. The molecule has 0 radical (unpaired) electrons. The molecule has 2 aromatic heterocycles. The van der Waals surface area contributed by atoms with Gasteiger partial charge in [0.2, 0.25) is 0 Å². The standard InChI is InChI=1S/C14H20N2OS/c1-15-10-12-6-8-17-14(12)11-16(2)7-5-13-4-3-9-18-13/h3-4,6,8-9,15H,5,7,10-11H2,1-2H3. The Morgan fingerprint density at radius 3 is 3.00 bits per heavy atom. The van der Waals surface area contributed by atoms with Gasteiger partial charge in [0.25, 0.3) is 0 Å². The quantitative estimate of drug-likeness (QED) is 0.833. The van der Waals surface area contributed by atoms with Gasteiger partial charge in [0, 0.05) is 23.5 Å². The number of hydrogen-bond donors (Lipinski definition) is 1. The van der Waals surface area contributed by atoms with Gasteiger partial charge in [-0.2, -0.15) is 0 Å². The summed E-state index contributed by atoms with van der Waals surface area (Å²) in [5.74, 6) is 1.07. The molecule has 0 amide bonds. The zero-order chi connectivity index (χ0) is 12.8. The molecular weight excluding hydrogens is 244 g/mol. The van der Waals surface area contributed by atoms with E-state index >= 15 is 0 Å². The minimum atomic E-state index is 0.866. The van der Waals surface area contributed by atoms with Crippen molar-refractivity contribution in [3.8, 4) is 0 Å². The predicted molar refractivity (Wildman–Crippen MR) is 75.8 cm³/mol. The summed E-state index contributed by atoms with van der Waals surface area (Å²) in [6.07, 6.45) is 2.88. The summed E-state index contributed by atoms with van der Waals surface area (Å²) in [6, 6.07) is 6.34. The van der Waals surface area contributed by atoms with Crippen molar-refractivity contribution in [2.45, 2.75) is 19.5 Å². The molecule has 0 saturated carbocycles. The van der Waals surface area contributed by atoms with E-state index in [0.717, 1.165) is 31.8 Å². The zero-order valence-electron chi connectivity index (χ0n) is 11.0. The first-order valence-corrected chi connectivity index (χ1v) is 7.08. The molecule has 0 bridgehead atoms. The maximum atomic E-state index is 5.55. The molecule has 0 saturated heterocycles. The second-order valence-electron chi connectivity index (χ2n) is 4.47. The van der Waals surface area contributed by atoms with Crippen LogP contribution in [-0.4, -0.2) is 25.5 Å². The van der Waals surface area contributed by atoms with E-state index in [9.17, 15) is 0 Å². The molecule has 98 valence electrons. The summed E-state index contributed by atoms with van der Waals surface area (Å²) in [5.41, 5.74) is 1.25. The minimum absolute atomic E-state index is 0.866. The average Bonchev–Trinajstić information content (AvgIpc) is 2.99. The van der Waals surface area contributed by atoms with Gasteiger partial charge < -0.3 is 9.73 Å². The Morgan fingerprint density at radius 1 is 1.39 bits per heavy atom. The van der Waals surface area contributed by atoms with Crippen LogP contribution in [0.5, 0.6) is 0 Å². The van der Waals surface area contributed by atoms with Crippen LogP contribution in [0.25, 0.3) is 0 Å². The predicted octanol–water partition coefficient (Wildman–Crippen LogP) is 2.74. The van der Waals surface area contributed by atoms with Crippen LogP contribution in [0.4, 0.5) is 0 Å². The number of furan rings is 1. The lowest BCUT2D eigenvalue weighted by atomic mass is 10.2. The van der Waals surface area contributed by atoms with E-state index in [0.29, 0.717) is 0 Å². The van der Waals surface area contributed by atoms with Crippen LogP contribution in [0.1, 0.15) is 16.2 Å². The molecule has 0 unspecified atom stereocenters. The van der Waals surface area contributed by atoms with E-state index in [-0.39, 0.29) is 0 Å². The van der Waals surface area contributed by atoms with Gasteiger partial charge in [-0.25, -0.2) is 0 Å². The molecule has 2 heterocycles. The maximum absolute atomic E-state index is 5.55. The first-order chi connectivity index (χ1) is 8.79. The molecule has 4 heteroatoms. The van der Waals surface area contributed by atoms with Crippen molar-refractivity contribution in [3.05, 3.63) is 46.0 Å². The maximum Gasteiger partial charge on any atom is 0.122 e. The van der Waals surface area contributed by atoms with E-state index in [1.54, 1.807) is 6.26 Å². The van der Waals surface area contributed by atoms with Gasteiger partial charge in [0.15, 0.2) is 0 Å². The fourth-order valence-corrected chi connectivity index (χ4v) is 2.63. The lowest BCUT2D eigenvalue weighted by Gasteiger charge is -2.15. The van der Waals surface area contributed by atoms with Gasteiger partial charge >= 0.3 is 0 Å². The van der Waals surface area contributed by atoms with Crippen molar-refractivity contribution in [1.29, 1.82) is 0 Å². The van der Waals surface area contributed by atoms with Crippen molar-refractivity contribution in [2.24, 2.45) is 0 Å². The molecule has 0 spiro atoms. The van der Waals surface area contributed by atoms with E-state index in [1.165, 1.54) is 10.4 Å². The smallest absolute Gasteiger partial charge is 0.122 e. The van der Waals surface area contributed by atoms with Crippen LogP contribution in [0.2, 0.25) is 0 Å². The lowest BCUT2D eigenvalue weighted by Crippen LogP contribution is -2.21.